The van der Waals surface area contributed by atoms with Gasteiger partial charge in [-0.1, -0.05) is 6.07 Å². The van der Waals surface area contributed by atoms with Gasteiger partial charge in [-0.05, 0) is 42.5 Å². The van der Waals surface area contributed by atoms with Crippen LogP contribution in [-0.4, -0.2) is 37.3 Å². The molecule has 1 aromatic heterocycles. The Morgan fingerprint density at radius 1 is 1.06 bits per heavy atom. The molecule has 0 aliphatic carbocycles. The van der Waals surface area contributed by atoms with E-state index in [1.165, 1.54) is 30.1 Å². The van der Waals surface area contributed by atoms with Gasteiger partial charge in [-0.3, -0.25) is 4.79 Å². The van der Waals surface area contributed by atoms with Gasteiger partial charge >= 0.3 is 0 Å². The second-order valence-corrected chi connectivity index (χ2v) is 9.69. The van der Waals surface area contributed by atoms with Crippen LogP contribution in [0.25, 0.3) is 11.6 Å². The molecule has 0 atom stereocenters. The Morgan fingerprint density at radius 2 is 1.81 bits per heavy atom. The number of aryl methyl sites for hydroxylation is 1. The van der Waals surface area contributed by atoms with Gasteiger partial charge in [0.25, 0.3) is 5.91 Å². The molecule has 32 heavy (non-hydrogen) atoms. The number of hydrogen-bond acceptors (Lipinski definition) is 3. The molecule has 0 radical (unpaired) electrons. The topological polar surface area (TPSA) is 62.6 Å². The van der Waals surface area contributed by atoms with E-state index in [9.17, 15) is 22.0 Å². The number of amides is 1. The third kappa shape index (κ3) is 3.74. The Balaban J connectivity index is 1.72. The van der Waals surface area contributed by atoms with E-state index in [2.05, 4.69) is 0 Å². The lowest BCUT2D eigenvalue weighted by atomic mass is 10.1. The van der Waals surface area contributed by atoms with E-state index >= 15 is 0 Å². The lowest BCUT2D eigenvalue weighted by molar-refractivity contribution is -0.112. The number of likely N-dealkylation sites (N-methyl/N-ethyl adjacent to an activating group) is 1. The molecule has 0 spiro atoms. The van der Waals surface area contributed by atoms with Crippen LogP contribution in [0.5, 0.6) is 0 Å². The Kier molecular flexibility index (Phi) is 5.47. The van der Waals surface area contributed by atoms with Gasteiger partial charge < -0.3 is 9.47 Å². The first kappa shape index (κ1) is 21.9. The van der Waals surface area contributed by atoms with Crippen LogP contribution in [0.3, 0.4) is 0 Å². The first-order chi connectivity index (χ1) is 15.1. The van der Waals surface area contributed by atoms with Crippen LogP contribution in [0, 0.1) is 11.6 Å². The molecule has 1 aliphatic heterocycles. The largest absolute Gasteiger partial charge is 0.351 e. The molecule has 0 unspecified atom stereocenters. The van der Waals surface area contributed by atoms with Crippen molar-refractivity contribution in [1.82, 2.24) is 8.87 Å². The molecule has 4 rings (SSSR count). The third-order valence-electron chi connectivity index (χ3n) is 5.55. The quantitative estimate of drug-likeness (QED) is 0.550. The molecule has 0 N–H and O–H groups in total. The van der Waals surface area contributed by atoms with Gasteiger partial charge in [0.15, 0.2) is 0 Å². The van der Waals surface area contributed by atoms with Crippen molar-refractivity contribution in [1.29, 1.82) is 0 Å². The molecule has 166 valence electrons. The molecule has 0 fully saturated rings. The fraction of sp³-hybridized carbons (Fsp3) is 0.174. The zero-order valence-corrected chi connectivity index (χ0v) is 18.5. The van der Waals surface area contributed by atoms with Crippen LogP contribution in [0.15, 0.2) is 59.6 Å². The monoisotopic (exact) mass is 457 g/mol. The van der Waals surface area contributed by atoms with E-state index in [0.717, 1.165) is 16.1 Å². The molecule has 2 aromatic carbocycles. The van der Waals surface area contributed by atoms with Crippen LogP contribution in [-0.2, 0) is 28.4 Å². The van der Waals surface area contributed by atoms with Crippen molar-refractivity contribution in [3.63, 3.8) is 0 Å². The molecule has 1 amide bonds. The number of carbonyl (C=O) groups is 1. The number of hydrogen-bond donors (Lipinski definition) is 0. The van der Waals surface area contributed by atoms with Gasteiger partial charge in [-0.25, -0.2) is 17.2 Å². The molecule has 6 nitrogen and oxygen atoms in total. The second kappa shape index (κ2) is 7.99. The van der Waals surface area contributed by atoms with Crippen LogP contribution in [0.4, 0.5) is 14.5 Å². The Labute approximate surface area is 185 Å². The summed E-state index contributed by atoms with van der Waals surface area (Å²) in [7, 11) is 0.797. The van der Waals surface area contributed by atoms with Gasteiger partial charge in [0.2, 0.25) is 10.0 Å². The number of nitrogens with zero attached hydrogens (tertiary/aromatic N) is 3. The lowest BCUT2D eigenvalue weighted by Crippen LogP contribution is -2.27. The van der Waals surface area contributed by atoms with Crippen molar-refractivity contribution in [3.8, 4) is 0 Å². The maximum atomic E-state index is 14.0. The van der Waals surface area contributed by atoms with Crippen molar-refractivity contribution in [2.75, 3.05) is 19.0 Å². The number of aromatic nitrogens is 1. The van der Waals surface area contributed by atoms with E-state index in [4.69, 9.17) is 0 Å². The summed E-state index contributed by atoms with van der Waals surface area (Å²) in [6, 6.07) is 11.2. The predicted octanol–water partition coefficient (Wildman–Crippen LogP) is 3.64. The fourth-order valence-electron chi connectivity index (χ4n) is 3.66. The maximum absolute atomic E-state index is 14.0. The highest BCUT2D eigenvalue weighted by Crippen LogP contribution is 2.38. The predicted molar refractivity (Wildman–Crippen MR) is 118 cm³/mol. The molecule has 9 heteroatoms. The second-order valence-electron chi connectivity index (χ2n) is 7.64. The van der Waals surface area contributed by atoms with Crippen LogP contribution in [0.1, 0.15) is 16.8 Å². The zero-order valence-electron chi connectivity index (χ0n) is 17.7. The highest BCUT2D eigenvalue weighted by atomic mass is 32.2. The number of anilines is 1. The van der Waals surface area contributed by atoms with Crippen molar-refractivity contribution in [2.24, 2.45) is 7.05 Å². The summed E-state index contributed by atoms with van der Waals surface area (Å²) in [5, 5.41) is 0. The highest BCUT2D eigenvalue weighted by Gasteiger charge is 2.32. The molecule has 2 heterocycles. The number of fused-ring (bicyclic) bond motifs is 1. The van der Waals surface area contributed by atoms with Gasteiger partial charge in [0.05, 0.1) is 16.2 Å². The third-order valence-corrected chi connectivity index (χ3v) is 7.35. The van der Waals surface area contributed by atoms with Crippen LogP contribution in [0.2, 0.25) is 0 Å². The van der Waals surface area contributed by atoms with E-state index in [1.54, 1.807) is 19.2 Å². The number of halogens is 2. The van der Waals surface area contributed by atoms with Crippen LogP contribution >= 0.6 is 0 Å². The smallest absolute Gasteiger partial charge is 0.258 e. The zero-order chi connectivity index (χ0) is 23.2. The summed E-state index contributed by atoms with van der Waals surface area (Å²) in [6.45, 7) is -0.267. The minimum atomic E-state index is -4.00. The van der Waals surface area contributed by atoms with Gasteiger partial charge in [-0.15, -0.1) is 0 Å². The van der Waals surface area contributed by atoms with Crippen LogP contribution < -0.4 is 4.90 Å². The summed E-state index contributed by atoms with van der Waals surface area (Å²) < 4.78 is 56.3. The molecule has 0 saturated carbocycles. The lowest BCUT2D eigenvalue weighted by Gasteiger charge is -2.18. The Bertz CT molecular complexity index is 1360. The number of rotatable bonds is 5. The molecule has 3 aromatic rings. The van der Waals surface area contributed by atoms with Crippen molar-refractivity contribution >= 4 is 33.3 Å². The minimum absolute atomic E-state index is 0.0258. The molecular weight excluding hydrogens is 436 g/mol. The highest BCUT2D eigenvalue weighted by molar-refractivity contribution is 7.89. The van der Waals surface area contributed by atoms with Gasteiger partial charge in [0, 0.05) is 56.8 Å². The minimum Gasteiger partial charge on any atom is -0.351 e. The summed E-state index contributed by atoms with van der Waals surface area (Å²) in [5.41, 5.74) is 2.33. The first-order valence-corrected chi connectivity index (χ1v) is 11.2. The number of carbonyl (C=O) groups excluding carboxylic acids is 1. The molecular formula is C23H21F2N3O3S. The summed E-state index contributed by atoms with van der Waals surface area (Å²) in [5.74, 6) is -1.79. The Morgan fingerprint density at radius 3 is 2.47 bits per heavy atom. The number of benzene rings is 2. The van der Waals surface area contributed by atoms with Gasteiger partial charge in [0.1, 0.15) is 11.6 Å². The SMILES string of the molecule is CN1C(=O)/C(=C/c2cccn2C)c2cc(S(=O)(=O)N(C)Cc3ccc(F)cc3F)ccc21. The molecule has 0 bridgehead atoms. The molecule has 1 aliphatic rings. The van der Waals surface area contributed by atoms with Crippen molar-refractivity contribution in [2.45, 2.75) is 11.4 Å². The van der Waals surface area contributed by atoms with E-state index in [1.807, 2.05) is 29.9 Å². The van der Waals surface area contributed by atoms with Crippen molar-refractivity contribution in [3.05, 3.63) is 83.2 Å². The van der Waals surface area contributed by atoms with Crippen molar-refractivity contribution < 1.29 is 22.0 Å². The maximum Gasteiger partial charge on any atom is 0.258 e. The average Bonchev–Trinajstić information content (AvgIpc) is 3.26. The average molecular weight is 458 g/mol. The fourth-order valence-corrected chi connectivity index (χ4v) is 4.83. The first-order valence-electron chi connectivity index (χ1n) is 9.75. The summed E-state index contributed by atoms with van der Waals surface area (Å²) in [4.78, 5) is 14.3. The summed E-state index contributed by atoms with van der Waals surface area (Å²) in [6.07, 6.45) is 3.57. The van der Waals surface area contributed by atoms with E-state index < -0.39 is 21.7 Å². The van der Waals surface area contributed by atoms with Gasteiger partial charge in [-0.2, -0.15) is 4.31 Å². The normalized spacial score (nSPS) is 15.1. The van der Waals surface area contributed by atoms with E-state index in [-0.39, 0.29) is 22.9 Å². The standard InChI is InChI=1S/C23H21F2N3O3S/c1-26-10-4-5-17(26)12-20-19-13-18(8-9-22(19)28(3)23(20)29)32(30,31)27(2)14-15-6-7-16(24)11-21(15)25/h4-13H,14H2,1-3H3/b20-12+. The summed E-state index contributed by atoms with van der Waals surface area (Å²) >= 11 is 0. The number of sulfonamides is 1. The molecule has 0 saturated heterocycles. The van der Waals surface area contributed by atoms with E-state index in [0.29, 0.717) is 22.9 Å². The Hall–Kier alpha value is -3.30.